The molecule has 0 saturated carbocycles. The molecule has 0 unspecified atom stereocenters. The Balaban J connectivity index is 1.47. The van der Waals surface area contributed by atoms with Crippen molar-refractivity contribution in [1.29, 1.82) is 0 Å². The summed E-state index contributed by atoms with van der Waals surface area (Å²) < 4.78 is 54.3. The summed E-state index contributed by atoms with van der Waals surface area (Å²) in [6.07, 6.45) is -1.31. The van der Waals surface area contributed by atoms with Crippen molar-refractivity contribution >= 4 is 23.1 Å². The quantitative estimate of drug-likeness (QED) is 0.284. The highest BCUT2D eigenvalue weighted by molar-refractivity contribution is 6.04. The molecule has 11 heteroatoms. The van der Waals surface area contributed by atoms with Crippen molar-refractivity contribution < 1.29 is 32.2 Å². The predicted octanol–water partition coefficient (Wildman–Crippen LogP) is 6.18. The number of ether oxygens (including phenoxy) is 3. The number of aromatic nitrogens is 2. The van der Waals surface area contributed by atoms with Crippen LogP contribution in [0.1, 0.15) is 15.9 Å². The summed E-state index contributed by atoms with van der Waals surface area (Å²) in [6.45, 7) is 0. The van der Waals surface area contributed by atoms with Crippen LogP contribution < -0.4 is 24.8 Å². The topological polar surface area (TPSA) is 94.6 Å². The Hall–Kier alpha value is -4.80. The van der Waals surface area contributed by atoms with Gasteiger partial charge in [0.25, 0.3) is 5.91 Å². The van der Waals surface area contributed by atoms with Gasteiger partial charge in [0.1, 0.15) is 5.82 Å². The Kier molecular flexibility index (Phi) is 7.66. The summed E-state index contributed by atoms with van der Waals surface area (Å²) in [4.78, 5) is 21.3. The lowest BCUT2D eigenvalue weighted by molar-refractivity contribution is -0.137. The maximum atomic E-state index is 12.7. The van der Waals surface area contributed by atoms with Crippen LogP contribution in [0.5, 0.6) is 17.2 Å². The summed E-state index contributed by atoms with van der Waals surface area (Å²) in [7, 11) is 4.57. The number of anilines is 3. The number of nitrogens with zero attached hydrogens (tertiary/aromatic N) is 2. The number of nitrogens with one attached hydrogen (secondary N) is 2. The Morgan fingerprint density at radius 2 is 1.45 bits per heavy atom. The highest BCUT2D eigenvalue weighted by Gasteiger charge is 2.30. The van der Waals surface area contributed by atoms with Crippen molar-refractivity contribution in [2.45, 2.75) is 6.18 Å². The highest BCUT2D eigenvalue weighted by Crippen LogP contribution is 2.40. The van der Waals surface area contributed by atoms with E-state index in [2.05, 4.69) is 20.6 Å². The summed E-state index contributed by atoms with van der Waals surface area (Å²) in [5, 5.41) is 5.83. The van der Waals surface area contributed by atoms with Crippen LogP contribution in [0.2, 0.25) is 0 Å². The zero-order valence-electron chi connectivity index (χ0n) is 20.6. The maximum absolute atomic E-state index is 12.7. The third kappa shape index (κ3) is 5.94. The van der Waals surface area contributed by atoms with Crippen LogP contribution >= 0.6 is 0 Å². The molecule has 0 radical (unpaired) electrons. The van der Waals surface area contributed by atoms with Crippen LogP contribution in [0.25, 0.3) is 11.3 Å². The molecule has 0 aliphatic carbocycles. The molecule has 1 heterocycles. The number of hydrogen-bond acceptors (Lipinski definition) is 7. The molecular formula is C27H23F3N4O4. The maximum Gasteiger partial charge on any atom is 0.416 e. The second-order valence-corrected chi connectivity index (χ2v) is 7.94. The van der Waals surface area contributed by atoms with Gasteiger partial charge in [0, 0.05) is 34.6 Å². The number of alkyl halides is 3. The Morgan fingerprint density at radius 1 is 0.816 bits per heavy atom. The van der Waals surface area contributed by atoms with Gasteiger partial charge in [0.05, 0.1) is 45.0 Å². The smallest absolute Gasteiger partial charge is 0.416 e. The van der Waals surface area contributed by atoms with Gasteiger partial charge in [-0.2, -0.15) is 13.2 Å². The average molecular weight is 524 g/mol. The third-order valence-electron chi connectivity index (χ3n) is 5.48. The first kappa shape index (κ1) is 26.3. The summed E-state index contributed by atoms with van der Waals surface area (Å²) in [5.41, 5.74) is 1.72. The van der Waals surface area contributed by atoms with Gasteiger partial charge in [-0.05, 0) is 36.4 Å². The summed E-state index contributed by atoms with van der Waals surface area (Å²) >= 11 is 0. The molecule has 1 aromatic heterocycles. The lowest BCUT2D eigenvalue weighted by Crippen LogP contribution is -2.12. The van der Waals surface area contributed by atoms with E-state index in [1.54, 1.807) is 48.8 Å². The third-order valence-corrected chi connectivity index (χ3v) is 5.48. The van der Waals surface area contributed by atoms with Gasteiger partial charge in [0.2, 0.25) is 5.75 Å². The predicted molar refractivity (Wildman–Crippen MR) is 136 cm³/mol. The molecular weight excluding hydrogens is 501 g/mol. The number of carbonyl (C=O) groups is 1. The number of halogens is 3. The fraction of sp³-hybridized carbons (Fsp3) is 0.148. The normalized spacial score (nSPS) is 11.0. The molecule has 1 amide bonds. The first-order chi connectivity index (χ1) is 18.2. The number of amides is 1. The van der Waals surface area contributed by atoms with Gasteiger partial charge in [-0.25, -0.2) is 4.98 Å². The Bertz CT molecular complexity index is 1400. The van der Waals surface area contributed by atoms with Gasteiger partial charge in [-0.15, -0.1) is 0 Å². The molecule has 8 nitrogen and oxygen atoms in total. The molecule has 4 aromatic rings. The van der Waals surface area contributed by atoms with E-state index in [4.69, 9.17) is 14.2 Å². The molecule has 0 atom stereocenters. The van der Waals surface area contributed by atoms with E-state index in [0.717, 1.165) is 29.8 Å². The fourth-order valence-electron chi connectivity index (χ4n) is 3.60. The molecule has 4 rings (SSSR count). The molecule has 196 valence electrons. The van der Waals surface area contributed by atoms with Gasteiger partial charge in [-0.3, -0.25) is 9.78 Å². The summed E-state index contributed by atoms with van der Waals surface area (Å²) in [5.74, 6) is 1.37. The molecule has 3 aromatic carbocycles. The zero-order valence-corrected chi connectivity index (χ0v) is 20.6. The first-order valence-corrected chi connectivity index (χ1v) is 11.2. The lowest BCUT2D eigenvalue weighted by atomic mass is 10.1. The van der Waals surface area contributed by atoms with Crippen molar-refractivity contribution in [2.24, 2.45) is 0 Å². The highest BCUT2D eigenvalue weighted by atomic mass is 19.4. The molecule has 0 aliphatic heterocycles. The minimum atomic E-state index is -4.46. The Labute approximate surface area is 216 Å². The van der Waals surface area contributed by atoms with E-state index in [-0.39, 0.29) is 5.56 Å². The van der Waals surface area contributed by atoms with E-state index in [0.29, 0.717) is 40.1 Å². The molecule has 0 fully saturated rings. The van der Waals surface area contributed by atoms with Gasteiger partial charge in [-0.1, -0.05) is 12.1 Å². The van der Waals surface area contributed by atoms with Crippen LogP contribution in [0.15, 0.2) is 73.1 Å². The molecule has 38 heavy (non-hydrogen) atoms. The number of benzene rings is 3. The minimum Gasteiger partial charge on any atom is -0.493 e. The average Bonchev–Trinajstić information content (AvgIpc) is 2.92. The largest absolute Gasteiger partial charge is 0.493 e. The molecule has 0 saturated heterocycles. The van der Waals surface area contributed by atoms with Crippen molar-refractivity contribution in [2.75, 3.05) is 32.0 Å². The van der Waals surface area contributed by atoms with E-state index < -0.39 is 17.6 Å². The number of rotatable bonds is 8. The van der Waals surface area contributed by atoms with Crippen LogP contribution in [-0.4, -0.2) is 37.2 Å². The van der Waals surface area contributed by atoms with E-state index in [1.807, 2.05) is 0 Å². The monoisotopic (exact) mass is 524 g/mol. The van der Waals surface area contributed by atoms with Crippen molar-refractivity contribution in [3.63, 3.8) is 0 Å². The zero-order chi connectivity index (χ0) is 27.3. The number of hydrogen-bond donors (Lipinski definition) is 2. The number of carbonyl (C=O) groups excluding carboxylic acids is 1. The molecule has 0 spiro atoms. The molecule has 2 N–H and O–H groups in total. The van der Waals surface area contributed by atoms with E-state index in [9.17, 15) is 18.0 Å². The van der Waals surface area contributed by atoms with Gasteiger partial charge >= 0.3 is 6.18 Å². The Morgan fingerprint density at radius 3 is 2.00 bits per heavy atom. The standard InChI is InChI=1S/C27H23F3N4O4/c1-36-22-12-20(13-23(37-2)25(22)38-3)32-24-15-31-14-21(34-24)16-6-10-19(11-7-16)33-26(35)17-4-8-18(9-5-17)27(28,29)30/h4-15H,1-3H3,(H,32,34)(H,33,35). The summed E-state index contributed by atoms with van der Waals surface area (Å²) in [6, 6.07) is 14.3. The van der Waals surface area contributed by atoms with E-state index >= 15 is 0 Å². The molecule has 0 bridgehead atoms. The lowest BCUT2D eigenvalue weighted by Gasteiger charge is -2.15. The van der Waals surface area contributed by atoms with Crippen molar-refractivity contribution in [3.8, 4) is 28.5 Å². The van der Waals surface area contributed by atoms with Gasteiger partial charge in [0.15, 0.2) is 11.5 Å². The van der Waals surface area contributed by atoms with Crippen LogP contribution in [0.3, 0.4) is 0 Å². The SMILES string of the molecule is COc1cc(Nc2cncc(-c3ccc(NC(=O)c4ccc(C(F)(F)F)cc4)cc3)n2)cc(OC)c1OC. The van der Waals surface area contributed by atoms with Crippen LogP contribution in [-0.2, 0) is 6.18 Å². The molecule has 0 aliphatic rings. The van der Waals surface area contributed by atoms with Crippen molar-refractivity contribution in [3.05, 3.63) is 84.2 Å². The number of methoxy groups -OCH3 is 3. The fourth-order valence-corrected chi connectivity index (χ4v) is 3.60. The van der Waals surface area contributed by atoms with Gasteiger partial charge < -0.3 is 24.8 Å². The second-order valence-electron chi connectivity index (χ2n) is 7.94. The van der Waals surface area contributed by atoms with Crippen LogP contribution in [0, 0.1) is 0 Å². The van der Waals surface area contributed by atoms with Crippen molar-refractivity contribution in [1.82, 2.24) is 9.97 Å². The van der Waals surface area contributed by atoms with E-state index in [1.165, 1.54) is 21.3 Å². The van der Waals surface area contributed by atoms with Crippen LogP contribution in [0.4, 0.5) is 30.4 Å². The minimum absolute atomic E-state index is 0.110. The first-order valence-electron chi connectivity index (χ1n) is 11.2. The second kappa shape index (κ2) is 11.1.